The summed E-state index contributed by atoms with van der Waals surface area (Å²) in [4.78, 5) is 11.4. The van der Waals surface area contributed by atoms with Crippen molar-refractivity contribution in [2.45, 2.75) is 90.9 Å². The lowest BCUT2D eigenvalue weighted by Crippen LogP contribution is -2.05. The molecular weight excluding hydrogens is 248 g/mol. The SMILES string of the molecule is CC=CCCCCCCCCCCC(=O)OCCCC. The normalized spacial score (nSPS) is 11.1. The first-order chi connectivity index (χ1) is 9.81. The summed E-state index contributed by atoms with van der Waals surface area (Å²) >= 11 is 0. The van der Waals surface area contributed by atoms with Gasteiger partial charge in [-0.3, -0.25) is 4.79 Å². The van der Waals surface area contributed by atoms with E-state index in [0.717, 1.165) is 19.3 Å². The molecule has 2 nitrogen and oxygen atoms in total. The van der Waals surface area contributed by atoms with Gasteiger partial charge in [0.1, 0.15) is 0 Å². The molecular formula is C18H34O2. The van der Waals surface area contributed by atoms with E-state index in [4.69, 9.17) is 4.74 Å². The van der Waals surface area contributed by atoms with Gasteiger partial charge >= 0.3 is 5.97 Å². The molecule has 0 radical (unpaired) electrons. The van der Waals surface area contributed by atoms with Crippen molar-refractivity contribution in [3.05, 3.63) is 12.2 Å². The summed E-state index contributed by atoms with van der Waals surface area (Å²) in [6, 6.07) is 0. The van der Waals surface area contributed by atoms with Crippen LogP contribution in [0.25, 0.3) is 0 Å². The van der Waals surface area contributed by atoms with E-state index < -0.39 is 0 Å². The van der Waals surface area contributed by atoms with E-state index in [2.05, 4.69) is 26.0 Å². The van der Waals surface area contributed by atoms with Gasteiger partial charge in [-0.2, -0.15) is 0 Å². The number of allylic oxidation sites excluding steroid dienone is 2. The van der Waals surface area contributed by atoms with Gasteiger partial charge in [0.25, 0.3) is 0 Å². The average Bonchev–Trinajstić information content (AvgIpc) is 2.45. The van der Waals surface area contributed by atoms with Crippen LogP contribution in [-0.4, -0.2) is 12.6 Å². The van der Waals surface area contributed by atoms with Crippen LogP contribution in [0.2, 0.25) is 0 Å². The fourth-order valence-electron chi connectivity index (χ4n) is 2.16. The number of ether oxygens (including phenoxy) is 1. The maximum absolute atomic E-state index is 11.4. The van der Waals surface area contributed by atoms with E-state index in [1.165, 1.54) is 51.4 Å². The highest BCUT2D eigenvalue weighted by molar-refractivity contribution is 5.69. The highest BCUT2D eigenvalue weighted by Gasteiger charge is 2.01. The first-order valence-electron chi connectivity index (χ1n) is 8.58. The minimum absolute atomic E-state index is 0.0116. The lowest BCUT2D eigenvalue weighted by atomic mass is 10.1. The number of carbonyl (C=O) groups excluding carboxylic acids is 1. The molecule has 0 aliphatic carbocycles. The predicted molar refractivity (Wildman–Crippen MR) is 86.9 cm³/mol. The zero-order valence-corrected chi connectivity index (χ0v) is 13.7. The van der Waals surface area contributed by atoms with Gasteiger partial charge in [0.15, 0.2) is 0 Å². The second-order valence-electron chi connectivity index (χ2n) is 5.51. The summed E-state index contributed by atoms with van der Waals surface area (Å²) in [5, 5.41) is 0. The van der Waals surface area contributed by atoms with E-state index >= 15 is 0 Å². The van der Waals surface area contributed by atoms with E-state index in [1.54, 1.807) is 0 Å². The third kappa shape index (κ3) is 15.3. The topological polar surface area (TPSA) is 26.3 Å². The third-order valence-corrected chi connectivity index (χ3v) is 3.50. The lowest BCUT2D eigenvalue weighted by Gasteiger charge is -2.04. The molecule has 0 aromatic carbocycles. The molecule has 0 N–H and O–H groups in total. The molecule has 0 atom stereocenters. The van der Waals surface area contributed by atoms with Crippen LogP contribution in [0.15, 0.2) is 12.2 Å². The summed E-state index contributed by atoms with van der Waals surface area (Å²) in [6.45, 7) is 4.79. The number of hydrogen-bond donors (Lipinski definition) is 0. The van der Waals surface area contributed by atoms with Crippen LogP contribution >= 0.6 is 0 Å². The Morgan fingerprint density at radius 2 is 1.50 bits per heavy atom. The Hall–Kier alpha value is -0.790. The molecule has 0 amide bonds. The highest BCUT2D eigenvalue weighted by atomic mass is 16.5. The van der Waals surface area contributed by atoms with Crippen LogP contribution in [-0.2, 0) is 9.53 Å². The van der Waals surface area contributed by atoms with Crippen LogP contribution in [0.1, 0.15) is 90.9 Å². The van der Waals surface area contributed by atoms with Crippen molar-refractivity contribution in [3.8, 4) is 0 Å². The van der Waals surface area contributed by atoms with Crippen molar-refractivity contribution in [1.29, 1.82) is 0 Å². The first kappa shape index (κ1) is 19.2. The maximum Gasteiger partial charge on any atom is 0.305 e. The maximum atomic E-state index is 11.4. The van der Waals surface area contributed by atoms with Gasteiger partial charge < -0.3 is 4.74 Å². The van der Waals surface area contributed by atoms with Crippen molar-refractivity contribution < 1.29 is 9.53 Å². The van der Waals surface area contributed by atoms with E-state index in [9.17, 15) is 4.79 Å². The molecule has 20 heavy (non-hydrogen) atoms. The van der Waals surface area contributed by atoms with E-state index in [0.29, 0.717) is 13.0 Å². The minimum atomic E-state index is -0.0116. The number of esters is 1. The molecule has 0 rings (SSSR count). The second kappa shape index (κ2) is 16.3. The van der Waals surface area contributed by atoms with Gasteiger partial charge in [0.2, 0.25) is 0 Å². The second-order valence-corrected chi connectivity index (χ2v) is 5.51. The van der Waals surface area contributed by atoms with Crippen molar-refractivity contribution >= 4 is 5.97 Å². The molecule has 0 aromatic heterocycles. The molecule has 0 aliphatic rings. The van der Waals surface area contributed by atoms with Crippen molar-refractivity contribution in [2.24, 2.45) is 0 Å². The number of carbonyl (C=O) groups is 1. The molecule has 0 saturated heterocycles. The fraction of sp³-hybridized carbons (Fsp3) is 0.833. The Balaban J connectivity index is 3.10. The van der Waals surface area contributed by atoms with Gasteiger partial charge in [0, 0.05) is 6.42 Å². The van der Waals surface area contributed by atoms with Gasteiger partial charge in [-0.05, 0) is 32.6 Å². The zero-order valence-electron chi connectivity index (χ0n) is 13.7. The van der Waals surface area contributed by atoms with Gasteiger partial charge in [-0.15, -0.1) is 0 Å². The van der Waals surface area contributed by atoms with Crippen molar-refractivity contribution in [1.82, 2.24) is 0 Å². The standard InChI is InChI=1S/C18H34O2/c1-3-5-7-8-9-10-11-12-13-14-15-16-18(19)20-17-6-4-2/h3,5H,4,6-17H2,1-2H3. The Morgan fingerprint density at radius 1 is 0.900 bits per heavy atom. The Morgan fingerprint density at radius 3 is 2.10 bits per heavy atom. The minimum Gasteiger partial charge on any atom is -0.466 e. The van der Waals surface area contributed by atoms with Crippen LogP contribution in [0.5, 0.6) is 0 Å². The lowest BCUT2D eigenvalue weighted by molar-refractivity contribution is -0.143. The molecule has 0 fully saturated rings. The number of hydrogen-bond acceptors (Lipinski definition) is 2. The van der Waals surface area contributed by atoms with Crippen LogP contribution in [0.3, 0.4) is 0 Å². The Kier molecular flexibility index (Phi) is 15.6. The van der Waals surface area contributed by atoms with Crippen molar-refractivity contribution in [2.75, 3.05) is 6.61 Å². The number of unbranched alkanes of at least 4 members (excludes halogenated alkanes) is 9. The smallest absolute Gasteiger partial charge is 0.305 e. The first-order valence-corrected chi connectivity index (χ1v) is 8.58. The molecule has 2 heteroatoms. The largest absolute Gasteiger partial charge is 0.466 e. The van der Waals surface area contributed by atoms with Crippen LogP contribution in [0.4, 0.5) is 0 Å². The molecule has 0 spiro atoms. The number of rotatable bonds is 14. The average molecular weight is 282 g/mol. The molecule has 118 valence electrons. The third-order valence-electron chi connectivity index (χ3n) is 3.50. The zero-order chi connectivity index (χ0) is 14.9. The summed E-state index contributed by atoms with van der Waals surface area (Å²) in [5.41, 5.74) is 0. The molecule has 0 aliphatic heterocycles. The Bertz CT molecular complexity index is 234. The molecule has 0 unspecified atom stereocenters. The molecule has 0 heterocycles. The van der Waals surface area contributed by atoms with Gasteiger partial charge in [-0.1, -0.05) is 64.0 Å². The van der Waals surface area contributed by atoms with Crippen LogP contribution in [0, 0.1) is 0 Å². The molecule has 0 aromatic rings. The molecule has 0 bridgehead atoms. The Labute approximate surface area is 126 Å². The van der Waals surface area contributed by atoms with E-state index in [-0.39, 0.29) is 5.97 Å². The summed E-state index contributed by atoms with van der Waals surface area (Å²) in [7, 11) is 0. The van der Waals surface area contributed by atoms with Gasteiger partial charge in [0.05, 0.1) is 6.61 Å². The quantitative estimate of drug-likeness (QED) is 0.228. The summed E-state index contributed by atoms with van der Waals surface area (Å²) < 4.78 is 5.13. The fourth-order valence-corrected chi connectivity index (χ4v) is 2.16. The molecule has 0 saturated carbocycles. The predicted octanol–water partition coefficient (Wildman–Crippen LogP) is 5.81. The highest BCUT2D eigenvalue weighted by Crippen LogP contribution is 2.11. The van der Waals surface area contributed by atoms with Crippen molar-refractivity contribution in [3.63, 3.8) is 0 Å². The van der Waals surface area contributed by atoms with E-state index in [1.807, 2.05) is 0 Å². The summed E-state index contributed by atoms with van der Waals surface area (Å²) in [5.74, 6) is -0.0116. The van der Waals surface area contributed by atoms with Crippen LogP contribution < -0.4 is 0 Å². The van der Waals surface area contributed by atoms with Gasteiger partial charge in [-0.25, -0.2) is 0 Å². The monoisotopic (exact) mass is 282 g/mol. The summed E-state index contributed by atoms with van der Waals surface area (Å²) in [6.07, 6.45) is 18.4.